The molecule has 2 nitrogen and oxygen atoms in total. The highest BCUT2D eigenvalue weighted by molar-refractivity contribution is 6.48. The van der Waals surface area contributed by atoms with Crippen LogP contribution in [0, 0.1) is 17.8 Å². The summed E-state index contributed by atoms with van der Waals surface area (Å²) in [4.78, 5) is 12.8. The molecule has 0 spiro atoms. The molecule has 4 aliphatic carbocycles. The quantitative estimate of drug-likeness (QED) is 0.467. The number of hydrogen-bond acceptors (Lipinski definition) is 2. The summed E-state index contributed by atoms with van der Waals surface area (Å²) in [5.74, 6) is 2.89. The second kappa shape index (κ2) is 6.84. The van der Waals surface area contributed by atoms with Gasteiger partial charge in [0.15, 0.2) is 5.78 Å². The monoisotopic (exact) mass is 383 g/mol. The normalized spacial score (nSPS) is 32.3. The lowest BCUT2D eigenvalue weighted by Crippen LogP contribution is -2.49. The predicted molar refractivity (Wildman–Crippen MR) is 113 cm³/mol. The highest BCUT2D eigenvalue weighted by Gasteiger charge is 2.52. The molecule has 0 aromatic heterocycles. The van der Waals surface area contributed by atoms with E-state index in [4.69, 9.17) is 4.43 Å². The zero-order valence-electron chi connectivity index (χ0n) is 17.7. The molecule has 4 fully saturated rings. The van der Waals surface area contributed by atoms with E-state index in [-0.39, 0.29) is 17.8 Å². The van der Waals surface area contributed by atoms with Crippen molar-refractivity contribution in [3.05, 3.63) is 34.9 Å². The molecule has 0 atom stereocenters. The van der Waals surface area contributed by atoms with Crippen molar-refractivity contribution in [1.82, 2.24) is 0 Å². The summed E-state index contributed by atoms with van der Waals surface area (Å²) in [7, 11) is -0.835. The topological polar surface area (TPSA) is 26.3 Å². The molecule has 147 valence electrons. The molecule has 0 heterocycles. The Morgan fingerprint density at radius 2 is 1.63 bits per heavy atom. The maximum absolute atomic E-state index is 12.8. The zero-order valence-corrected chi connectivity index (χ0v) is 18.7. The van der Waals surface area contributed by atoms with E-state index in [0.29, 0.717) is 5.41 Å². The molecule has 27 heavy (non-hydrogen) atoms. The standard InChI is InChI=1S/C24H35O2Si/c1-23(2,3)20-7-6-19(22(25)15-26-27(4)5)11-21(20)24-12-16-8-17(13-24)10-18(9-16)14-24/h6-7,11,16-18H,8-10,12-15H2,1-5H3. The molecule has 0 aliphatic heterocycles. The van der Waals surface area contributed by atoms with Crippen LogP contribution < -0.4 is 0 Å². The van der Waals surface area contributed by atoms with Crippen molar-refractivity contribution >= 4 is 14.8 Å². The van der Waals surface area contributed by atoms with Gasteiger partial charge >= 0.3 is 0 Å². The number of carbonyl (C=O) groups excluding carboxylic acids is 1. The van der Waals surface area contributed by atoms with E-state index in [0.717, 1.165) is 23.3 Å². The van der Waals surface area contributed by atoms with Gasteiger partial charge in [-0.25, -0.2) is 0 Å². The highest BCUT2D eigenvalue weighted by Crippen LogP contribution is 2.61. The molecule has 4 aliphatic rings. The predicted octanol–water partition coefficient (Wildman–Crippen LogP) is 5.90. The van der Waals surface area contributed by atoms with Gasteiger partial charge < -0.3 is 4.43 Å². The first-order valence-corrected chi connectivity index (χ1v) is 13.2. The molecule has 0 N–H and O–H groups in total. The average Bonchev–Trinajstić information content (AvgIpc) is 2.57. The largest absolute Gasteiger partial charge is 0.409 e. The third kappa shape index (κ3) is 3.70. The first-order valence-electron chi connectivity index (χ1n) is 10.8. The minimum absolute atomic E-state index is 0.111. The van der Waals surface area contributed by atoms with Crippen LogP contribution in [0.1, 0.15) is 80.8 Å². The Labute approximate surface area is 166 Å². The molecule has 1 radical (unpaired) electrons. The lowest BCUT2D eigenvalue weighted by atomic mass is 9.47. The van der Waals surface area contributed by atoms with Gasteiger partial charge in [-0.1, -0.05) is 32.9 Å². The summed E-state index contributed by atoms with van der Waals surface area (Å²) >= 11 is 0. The smallest absolute Gasteiger partial charge is 0.205 e. The van der Waals surface area contributed by atoms with Crippen LogP contribution in [0.15, 0.2) is 18.2 Å². The van der Waals surface area contributed by atoms with Gasteiger partial charge in [-0.15, -0.1) is 0 Å². The molecule has 1 aromatic carbocycles. The SMILES string of the molecule is C[Si](C)OCC(=O)c1ccc(C(C)(C)C)c(C23CC4CC(CC(C4)C2)C3)c1. The number of Topliss-reactive ketones (excluding diaryl/α,β-unsaturated/α-hetero) is 1. The van der Waals surface area contributed by atoms with E-state index in [9.17, 15) is 4.79 Å². The van der Waals surface area contributed by atoms with E-state index in [1.807, 2.05) is 6.07 Å². The second-order valence-electron chi connectivity index (χ2n) is 10.8. The summed E-state index contributed by atoms with van der Waals surface area (Å²) in [6, 6.07) is 6.58. The molecule has 1 aromatic rings. The van der Waals surface area contributed by atoms with E-state index < -0.39 is 9.04 Å². The molecule has 0 amide bonds. The number of carbonyl (C=O) groups is 1. The minimum atomic E-state index is -0.835. The number of hydrogen-bond donors (Lipinski definition) is 0. The van der Waals surface area contributed by atoms with E-state index in [1.165, 1.54) is 49.7 Å². The van der Waals surface area contributed by atoms with E-state index >= 15 is 0 Å². The number of ketones is 1. The van der Waals surface area contributed by atoms with Crippen molar-refractivity contribution in [2.45, 2.75) is 83.2 Å². The van der Waals surface area contributed by atoms with Crippen LogP contribution in [0.3, 0.4) is 0 Å². The van der Waals surface area contributed by atoms with Crippen molar-refractivity contribution in [2.24, 2.45) is 17.8 Å². The summed E-state index contributed by atoms with van der Waals surface area (Å²) in [6.45, 7) is 11.4. The Morgan fingerprint density at radius 3 is 2.11 bits per heavy atom. The Balaban J connectivity index is 1.73. The molecule has 3 heteroatoms. The van der Waals surface area contributed by atoms with E-state index in [1.54, 1.807) is 0 Å². The van der Waals surface area contributed by atoms with Gasteiger partial charge in [0, 0.05) is 5.56 Å². The third-order valence-corrected chi connectivity index (χ3v) is 7.97. The van der Waals surface area contributed by atoms with Gasteiger partial charge in [0.2, 0.25) is 9.04 Å². The third-order valence-electron chi connectivity index (χ3n) is 7.25. The zero-order chi connectivity index (χ0) is 19.4. The highest BCUT2D eigenvalue weighted by atomic mass is 28.3. The van der Waals surface area contributed by atoms with Crippen LogP contribution in [0.2, 0.25) is 13.1 Å². The maximum Gasteiger partial charge on any atom is 0.205 e. The fraction of sp³-hybridized carbons (Fsp3) is 0.708. The van der Waals surface area contributed by atoms with E-state index in [2.05, 4.69) is 46.0 Å². The van der Waals surface area contributed by atoms with Crippen LogP contribution in [0.5, 0.6) is 0 Å². The number of rotatable bonds is 5. The first kappa shape index (κ1) is 19.4. The van der Waals surface area contributed by atoms with Gasteiger partial charge in [-0.05, 0) is 97.4 Å². The lowest BCUT2D eigenvalue weighted by Gasteiger charge is -2.58. The molecule has 4 bridgehead atoms. The van der Waals surface area contributed by atoms with Crippen LogP contribution in [0.25, 0.3) is 0 Å². The molecule has 4 saturated carbocycles. The van der Waals surface area contributed by atoms with Gasteiger partial charge in [0.1, 0.15) is 0 Å². The van der Waals surface area contributed by atoms with Crippen molar-refractivity contribution in [1.29, 1.82) is 0 Å². The molecular formula is C24H35O2Si. The van der Waals surface area contributed by atoms with Crippen molar-refractivity contribution < 1.29 is 9.22 Å². The summed E-state index contributed by atoms with van der Waals surface area (Å²) in [5, 5.41) is 0. The summed E-state index contributed by atoms with van der Waals surface area (Å²) < 4.78 is 5.70. The van der Waals surface area contributed by atoms with Gasteiger partial charge in [-0.2, -0.15) is 0 Å². The Hall–Kier alpha value is -0.933. The fourth-order valence-corrected chi connectivity index (χ4v) is 6.96. The number of benzene rings is 1. The molecule has 0 saturated heterocycles. The Bertz CT molecular complexity index is 693. The van der Waals surface area contributed by atoms with Gasteiger partial charge in [0.05, 0.1) is 6.61 Å². The maximum atomic E-state index is 12.8. The van der Waals surface area contributed by atoms with Crippen LogP contribution in [0.4, 0.5) is 0 Å². The van der Waals surface area contributed by atoms with Crippen molar-refractivity contribution in [2.75, 3.05) is 6.61 Å². The molecule has 5 rings (SSSR count). The minimum Gasteiger partial charge on any atom is -0.409 e. The lowest BCUT2D eigenvalue weighted by molar-refractivity contribution is -0.00595. The first-order chi connectivity index (χ1) is 12.7. The Morgan fingerprint density at radius 1 is 1.07 bits per heavy atom. The van der Waals surface area contributed by atoms with Crippen molar-refractivity contribution in [3.63, 3.8) is 0 Å². The Kier molecular flexibility index (Phi) is 4.91. The molecule has 0 unspecified atom stereocenters. The van der Waals surface area contributed by atoms with Gasteiger partial charge in [0.25, 0.3) is 0 Å². The molecular weight excluding hydrogens is 348 g/mol. The second-order valence-corrected chi connectivity index (χ2v) is 12.9. The van der Waals surface area contributed by atoms with Crippen LogP contribution in [-0.4, -0.2) is 21.4 Å². The van der Waals surface area contributed by atoms with Crippen LogP contribution in [-0.2, 0) is 15.3 Å². The van der Waals surface area contributed by atoms with Gasteiger partial charge in [-0.3, -0.25) is 4.79 Å². The van der Waals surface area contributed by atoms with Crippen LogP contribution >= 0.6 is 0 Å². The summed E-state index contributed by atoms with van der Waals surface area (Å²) in [5.41, 5.74) is 4.24. The summed E-state index contributed by atoms with van der Waals surface area (Å²) in [6.07, 6.45) is 8.38. The van der Waals surface area contributed by atoms with Crippen molar-refractivity contribution in [3.8, 4) is 0 Å². The fourth-order valence-electron chi connectivity index (χ4n) is 6.54. The average molecular weight is 384 g/mol.